The molecule has 1 aromatic rings. The van der Waals surface area contributed by atoms with Crippen LogP contribution in [0.3, 0.4) is 0 Å². The Morgan fingerprint density at radius 1 is 1.37 bits per heavy atom. The maximum atomic E-state index is 12.8. The Balaban J connectivity index is 1.80. The van der Waals surface area contributed by atoms with Crippen LogP contribution in [0.2, 0.25) is 0 Å². The molecule has 2 rings (SSSR count). The van der Waals surface area contributed by atoms with Gasteiger partial charge in [0.1, 0.15) is 5.82 Å². The molecule has 5 heteroatoms. The van der Waals surface area contributed by atoms with Gasteiger partial charge in [-0.05, 0) is 24.6 Å². The van der Waals surface area contributed by atoms with Gasteiger partial charge in [0.05, 0.1) is 19.8 Å². The largest absolute Gasteiger partial charge is 0.378 e. The van der Waals surface area contributed by atoms with E-state index in [1.54, 1.807) is 17.0 Å². The smallest absolute Gasteiger partial charge is 0.236 e. The van der Waals surface area contributed by atoms with E-state index in [-0.39, 0.29) is 17.8 Å². The monoisotopic (exact) mass is 266 g/mol. The van der Waals surface area contributed by atoms with E-state index < -0.39 is 0 Å². The second-order valence-electron chi connectivity index (χ2n) is 4.65. The highest BCUT2D eigenvalue weighted by Gasteiger charge is 2.17. The molecule has 1 heterocycles. The summed E-state index contributed by atoms with van der Waals surface area (Å²) in [6, 6.07) is 6.33. The molecule has 19 heavy (non-hydrogen) atoms. The number of amides is 1. The van der Waals surface area contributed by atoms with E-state index in [1.165, 1.54) is 12.1 Å². The fourth-order valence-electron chi connectivity index (χ4n) is 2.03. The van der Waals surface area contributed by atoms with Crippen LogP contribution in [0.15, 0.2) is 24.3 Å². The predicted molar refractivity (Wildman–Crippen MR) is 70.2 cm³/mol. The summed E-state index contributed by atoms with van der Waals surface area (Å²) in [5.41, 5.74) is 0.969. The number of morpholine rings is 1. The molecular formula is C14H19FN2O2. The van der Waals surface area contributed by atoms with Gasteiger partial charge in [-0.1, -0.05) is 12.1 Å². The number of nitrogens with zero attached hydrogens (tertiary/aromatic N) is 1. The number of ether oxygens (including phenoxy) is 1. The van der Waals surface area contributed by atoms with E-state index in [1.807, 2.05) is 6.92 Å². The number of nitrogens with one attached hydrogen (secondary N) is 1. The molecule has 1 aromatic carbocycles. The molecule has 1 N–H and O–H groups in total. The molecule has 1 aliphatic rings. The van der Waals surface area contributed by atoms with Gasteiger partial charge >= 0.3 is 0 Å². The van der Waals surface area contributed by atoms with Gasteiger partial charge in [-0.2, -0.15) is 0 Å². The summed E-state index contributed by atoms with van der Waals surface area (Å²) < 4.78 is 18.0. The standard InChI is InChI=1S/C14H19FN2O2/c1-11(12-2-4-13(15)5-3-12)16-10-14(18)17-6-8-19-9-7-17/h2-5,11,16H,6-10H2,1H3. The van der Waals surface area contributed by atoms with Crippen molar-refractivity contribution in [3.63, 3.8) is 0 Å². The quantitative estimate of drug-likeness (QED) is 0.894. The predicted octanol–water partition coefficient (Wildman–Crippen LogP) is 1.34. The van der Waals surface area contributed by atoms with E-state index in [2.05, 4.69) is 5.32 Å². The summed E-state index contributed by atoms with van der Waals surface area (Å²) in [6.07, 6.45) is 0. The van der Waals surface area contributed by atoms with Crippen LogP contribution in [0.1, 0.15) is 18.5 Å². The van der Waals surface area contributed by atoms with Gasteiger partial charge in [0.15, 0.2) is 0 Å². The minimum Gasteiger partial charge on any atom is -0.378 e. The number of carbonyl (C=O) groups excluding carboxylic acids is 1. The first kappa shape index (κ1) is 14.0. The van der Waals surface area contributed by atoms with Crippen LogP contribution < -0.4 is 5.32 Å². The molecule has 0 aliphatic carbocycles. The van der Waals surface area contributed by atoms with Crippen molar-refractivity contribution in [2.45, 2.75) is 13.0 Å². The zero-order valence-corrected chi connectivity index (χ0v) is 11.1. The summed E-state index contributed by atoms with van der Waals surface area (Å²) >= 11 is 0. The zero-order valence-electron chi connectivity index (χ0n) is 11.1. The Hall–Kier alpha value is -1.46. The Kier molecular flexibility index (Phi) is 4.87. The molecule has 0 bridgehead atoms. The Morgan fingerprint density at radius 3 is 2.63 bits per heavy atom. The van der Waals surface area contributed by atoms with Crippen molar-refractivity contribution in [2.75, 3.05) is 32.8 Å². The van der Waals surface area contributed by atoms with Crippen molar-refractivity contribution in [3.8, 4) is 0 Å². The Bertz CT molecular complexity index is 416. The number of halogens is 1. The summed E-state index contributed by atoms with van der Waals surface area (Å²) in [7, 11) is 0. The highest BCUT2D eigenvalue weighted by atomic mass is 19.1. The van der Waals surface area contributed by atoms with Crippen molar-refractivity contribution in [1.82, 2.24) is 10.2 Å². The highest BCUT2D eigenvalue weighted by molar-refractivity contribution is 5.78. The van der Waals surface area contributed by atoms with Crippen molar-refractivity contribution in [1.29, 1.82) is 0 Å². The van der Waals surface area contributed by atoms with Gasteiger partial charge in [0.2, 0.25) is 5.91 Å². The minimum atomic E-state index is -0.250. The van der Waals surface area contributed by atoms with E-state index in [4.69, 9.17) is 4.74 Å². The topological polar surface area (TPSA) is 41.6 Å². The van der Waals surface area contributed by atoms with E-state index in [0.29, 0.717) is 32.8 Å². The SMILES string of the molecule is CC(NCC(=O)N1CCOCC1)c1ccc(F)cc1. The maximum Gasteiger partial charge on any atom is 0.236 e. The van der Waals surface area contributed by atoms with Crippen molar-refractivity contribution in [3.05, 3.63) is 35.6 Å². The maximum absolute atomic E-state index is 12.8. The van der Waals surface area contributed by atoms with Crippen molar-refractivity contribution >= 4 is 5.91 Å². The molecule has 0 radical (unpaired) electrons. The fourth-order valence-corrected chi connectivity index (χ4v) is 2.03. The van der Waals surface area contributed by atoms with Gasteiger partial charge in [0, 0.05) is 19.1 Å². The first-order valence-electron chi connectivity index (χ1n) is 6.51. The van der Waals surface area contributed by atoms with Gasteiger partial charge in [-0.3, -0.25) is 4.79 Å². The summed E-state index contributed by atoms with van der Waals surface area (Å²) in [5, 5.41) is 3.16. The van der Waals surface area contributed by atoms with Crippen molar-refractivity contribution < 1.29 is 13.9 Å². The summed E-state index contributed by atoms with van der Waals surface area (Å²) in [5.74, 6) is -0.169. The van der Waals surface area contributed by atoms with Crippen LogP contribution in [0, 0.1) is 5.82 Å². The molecule has 1 atom stereocenters. The van der Waals surface area contributed by atoms with E-state index >= 15 is 0 Å². The average molecular weight is 266 g/mol. The Morgan fingerprint density at radius 2 is 2.00 bits per heavy atom. The second kappa shape index (κ2) is 6.63. The van der Waals surface area contributed by atoms with Crippen LogP contribution in [-0.4, -0.2) is 43.7 Å². The van der Waals surface area contributed by atoms with Crippen LogP contribution >= 0.6 is 0 Å². The van der Waals surface area contributed by atoms with Crippen molar-refractivity contribution in [2.24, 2.45) is 0 Å². The van der Waals surface area contributed by atoms with Crippen LogP contribution in [-0.2, 0) is 9.53 Å². The lowest BCUT2D eigenvalue weighted by Crippen LogP contribution is -2.45. The minimum absolute atomic E-state index is 0.0191. The molecule has 4 nitrogen and oxygen atoms in total. The lowest BCUT2D eigenvalue weighted by molar-refractivity contribution is -0.134. The molecule has 0 saturated carbocycles. The average Bonchev–Trinajstić information content (AvgIpc) is 2.46. The second-order valence-corrected chi connectivity index (χ2v) is 4.65. The first-order chi connectivity index (χ1) is 9.16. The first-order valence-corrected chi connectivity index (χ1v) is 6.51. The Labute approximate surface area is 112 Å². The third-order valence-corrected chi connectivity index (χ3v) is 3.29. The van der Waals surface area contributed by atoms with Crippen LogP contribution in [0.25, 0.3) is 0 Å². The number of carbonyl (C=O) groups is 1. The number of rotatable bonds is 4. The molecule has 1 fully saturated rings. The number of benzene rings is 1. The van der Waals surface area contributed by atoms with Gasteiger partial charge < -0.3 is 15.0 Å². The highest BCUT2D eigenvalue weighted by Crippen LogP contribution is 2.12. The summed E-state index contributed by atoms with van der Waals surface area (Å²) in [4.78, 5) is 13.7. The molecule has 104 valence electrons. The molecular weight excluding hydrogens is 247 g/mol. The number of hydrogen-bond donors (Lipinski definition) is 1. The van der Waals surface area contributed by atoms with Gasteiger partial charge in [-0.25, -0.2) is 4.39 Å². The third kappa shape index (κ3) is 4.01. The zero-order chi connectivity index (χ0) is 13.7. The fraction of sp³-hybridized carbons (Fsp3) is 0.500. The third-order valence-electron chi connectivity index (χ3n) is 3.29. The lowest BCUT2D eigenvalue weighted by Gasteiger charge is -2.27. The van der Waals surface area contributed by atoms with Crippen LogP contribution in [0.4, 0.5) is 4.39 Å². The normalized spacial score (nSPS) is 17.3. The molecule has 1 aliphatic heterocycles. The molecule has 1 amide bonds. The molecule has 1 unspecified atom stereocenters. The molecule has 0 aromatic heterocycles. The number of hydrogen-bond acceptors (Lipinski definition) is 3. The van der Waals surface area contributed by atoms with E-state index in [0.717, 1.165) is 5.56 Å². The van der Waals surface area contributed by atoms with E-state index in [9.17, 15) is 9.18 Å². The molecule has 1 saturated heterocycles. The lowest BCUT2D eigenvalue weighted by atomic mass is 10.1. The van der Waals surface area contributed by atoms with Gasteiger partial charge in [0.25, 0.3) is 0 Å². The van der Waals surface area contributed by atoms with Crippen LogP contribution in [0.5, 0.6) is 0 Å². The molecule has 0 spiro atoms. The summed E-state index contributed by atoms with van der Waals surface area (Å²) in [6.45, 7) is 4.79. The van der Waals surface area contributed by atoms with Gasteiger partial charge in [-0.15, -0.1) is 0 Å².